The molecular weight excluding hydrogens is 334 g/mol. The molecule has 1 aromatic heterocycles. The van der Waals surface area contributed by atoms with Gasteiger partial charge in [-0.15, -0.1) is 11.3 Å². The van der Waals surface area contributed by atoms with E-state index < -0.39 is 0 Å². The third-order valence-electron chi connectivity index (χ3n) is 4.56. The van der Waals surface area contributed by atoms with E-state index in [0.717, 1.165) is 58.0 Å². The predicted octanol–water partition coefficient (Wildman–Crippen LogP) is 1.91. The van der Waals surface area contributed by atoms with Crippen molar-refractivity contribution < 1.29 is 4.74 Å². The minimum atomic E-state index is 0.511. The number of thiazole rings is 1. The summed E-state index contributed by atoms with van der Waals surface area (Å²) in [5.74, 6) is 0.908. The average Bonchev–Trinajstić information content (AvgIpc) is 3.10. The number of aryl methyl sites for hydroxylation is 1. The Bertz CT molecular complexity index is 511. The van der Waals surface area contributed by atoms with Gasteiger partial charge < -0.3 is 20.3 Å². The Morgan fingerprint density at radius 3 is 2.88 bits per heavy atom. The van der Waals surface area contributed by atoms with Crippen LogP contribution < -0.4 is 10.6 Å². The topological polar surface area (TPSA) is 61.8 Å². The Kier molecular flexibility index (Phi) is 9.21. The number of guanidine groups is 1. The molecule has 2 N–H and O–H groups in total. The number of nitrogens with zero attached hydrogens (tertiary/aromatic N) is 3. The molecule has 0 unspecified atom stereocenters. The summed E-state index contributed by atoms with van der Waals surface area (Å²) in [4.78, 5) is 12.7. The van der Waals surface area contributed by atoms with Crippen LogP contribution in [0.5, 0.6) is 0 Å². The molecule has 0 spiro atoms. The van der Waals surface area contributed by atoms with E-state index >= 15 is 0 Å². The summed E-state index contributed by atoms with van der Waals surface area (Å²) < 4.78 is 5.13. The molecule has 1 aliphatic rings. The van der Waals surface area contributed by atoms with Crippen LogP contribution >= 0.6 is 11.3 Å². The minimum Gasteiger partial charge on any atom is -0.385 e. The van der Waals surface area contributed by atoms with Gasteiger partial charge in [0.25, 0.3) is 0 Å². The lowest BCUT2D eigenvalue weighted by Gasteiger charge is -2.33. The lowest BCUT2D eigenvalue weighted by molar-refractivity contribution is 0.155. The van der Waals surface area contributed by atoms with E-state index in [1.165, 1.54) is 22.7 Å². The first-order valence-electron chi connectivity index (χ1n) is 9.37. The maximum Gasteiger partial charge on any atom is 0.191 e. The molecule has 2 rings (SSSR count). The lowest BCUT2D eigenvalue weighted by atomic mass is 10.1. The lowest BCUT2D eigenvalue weighted by Crippen LogP contribution is -2.49. The van der Waals surface area contributed by atoms with Gasteiger partial charge in [-0.2, -0.15) is 0 Å². The molecule has 1 saturated heterocycles. The molecule has 1 aromatic rings. The number of hydrogen-bond acceptors (Lipinski definition) is 5. The van der Waals surface area contributed by atoms with Gasteiger partial charge in [0.2, 0.25) is 0 Å². The average molecular weight is 368 g/mol. The van der Waals surface area contributed by atoms with Crippen LogP contribution in [0.25, 0.3) is 0 Å². The van der Waals surface area contributed by atoms with E-state index in [1.807, 2.05) is 24.6 Å². The monoisotopic (exact) mass is 367 g/mol. The molecule has 142 valence electrons. The Morgan fingerprint density at radius 2 is 2.24 bits per heavy atom. The summed E-state index contributed by atoms with van der Waals surface area (Å²) in [5, 5.41) is 8.19. The third-order valence-corrected chi connectivity index (χ3v) is 5.76. The van der Waals surface area contributed by atoms with Crippen LogP contribution in [0.2, 0.25) is 0 Å². The smallest absolute Gasteiger partial charge is 0.191 e. The molecule has 2 heterocycles. The molecule has 0 bridgehead atoms. The van der Waals surface area contributed by atoms with Gasteiger partial charge in [0.1, 0.15) is 0 Å². The second-order valence-corrected chi connectivity index (χ2v) is 7.63. The number of piperidine rings is 1. The van der Waals surface area contributed by atoms with Gasteiger partial charge >= 0.3 is 0 Å². The zero-order valence-electron chi connectivity index (χ0n) is 15.9. The Hall–Kier alpha value is -1.18. The first kappa shape index (κ1) is 20.1. The standard InChI is InChI=1S/C18H33N5OS/c1-4-16-14-21-17(25-16)6-9-20-18(19-2)22-15-7-11-23(12-8-15)10-5-13-24-3/h14-15H,4-13H2,1-3H3,(H2,19,20,22). The van der Waals surface area contributed by atoms with Crippen molar-refractivity contribution in [1.82, 2.24) is 20.5 Å². The number of rotatable bonds is 9. The third kappa shape index (κ3) is 7.30. The van der Waals surface area contributed by atoms with E-state index in [9.17, 15) is 0 Å². The van der Waals surface area contributed by atoms with Crippen LogP contribution in [0.4, 0.5) is 0 Å². The minimum absolute atomic E-state index is 0.511. The molecule has 25 heavy (non-hydrogen) atoms. The van der Waals surface area contributed by atoms with Gasteiger partial charge in [0, 0.05) is 70.5 Å². The molecule has 0 saturated carbocycles. The van der Waals surface area contributed by atoms with Crippen LogP contribution in [0.1, 0.15) is 36.1 Å². The number of nitrogens with one attached hydrogen (secondary N) is 2. The molecule has 7 heteroatoms. The van der Waals surface area contributed by atoms with Gasteiger partial charge in [0.15, 0.2) is 5.96 Å². The molecular formula is C18H33N5OS. The van der Waals surface area contributed by atoms with Crippen LogP contribution in [0, 0.1) is 0 Å². The molecule has 1 aliphatic heterocycles. The van der Waals surface area contributed by atoms with Gasteiger partial charge in [-0.3, -0.25) is 4.99 Å². The van der Waals surface area contributed by atoms with E-state index in [0.29, 0.717) is 6.04 Å². The Balaban J connectivity index is 1.63. The van der Waals surface area contributed by atoms with Crippen molar-refractivity contribution in [2.75, 3.05) is 46.9 Å². The molecule has 0 atom stereocenters. The van der Waals surface area contributed by atoms with Crippen molar-refractivity contribution in [3.8, 4) is 0 Å². The van der Waals surface area contributed by atoms with Crippen molar-refractivity contribution in [1.29, 1.82) is 0 Å². The zero-order valence-corrected chi connectivity index (χ0v) is 16.7. The van der Waals surface area contributed by atoms with Crippen molar-refractivity contribution >= 4 is 17.3 Å². The van der Waals surface area contributed by atoms with Gasteiger partial charge in [-0.1, -0.05) is 6.92 Å². The van der Waals surface area contributed by atoms with Crippen LogP contribution in [-0.2, 0) is 17.6 Å². The summed E-state index contributed by atoms with van der Waals surface area (Å²) in [6, 6.07) is 0.511. The molecule has 1 fully saturated rings. The zero-order chi connectivity index (χ0) is 17.9. The first-order chi connectivity index (χ1) is 12.2. The molecule has 0 radical (unpaired) electrons. The fraction of sp³-hybridized carbons (Fsp3) is 0.778. The number of ether oxygens (including phenoxy) is 1. The highest BCUT2D eigenvalue weighted by molar-refractivity contribution is 7.11. The highest BCUT2D eigenvalue weighted by Crippen LogP contribution is 2.13. The fourth-order valence-electron chi connectivity index (χ4n) is 3.04. The summed E-state index contributed by atoms with van der Waals surface area (Å²) >= 11 is 1.81. The molecule has 6 nitrogen and oxygen atoms in total. The number of aromatic nitrogens is 1. The number of methoxy groups -OCH3 is 1. The largest absolute Gasteiger partial charge is 0.385 e. The van der Waals surface area contributed by atoms with Crippen molar-refractivity contribution in [2.24, 2.45) is 4.99 Å². The number of hydrogen-bond donors (Lipinski definition) is 2. The quantitative estimate of drug-likeness (QED) is 0.397. The van der Waals surface area contributed by atoms with Crippen LogP contribution in [-0.4, -0.2) is 68.8 Å². The number of aliphatic imine (C=N–C) groups is 1. The second kappa shape index (κ2) is 11.4. The summed E-state index contributed by atoms with van der Waals surface area (Å²) in [6.07, 6.45) is 7.46. The maximum atomic E-state index is 5.13. The highest BCUT2D eigenvalue weighted by Gasteiger charge is 2.19. The van der Waals surface area contributed by atoms with Crippen LogP contribution in [0.15, 0.2) is 11.2 Å². The van der Waals surface area contributed by atoms with E-state index in [2.05, 4.69) is 32.4 Å². The molecule has 0 amide bonds. The van der Waals surface area contributed by atoms with Gasteiger partial charge in [0.05, 0.1) is 5.01 Å². The van der Waals surface area contributed by atoms with E-state index in [-0.39, 0.29) is 0 Å². The summed E-state index contributed by atoms with van der Waals surface area (Å²) in [5.41, 5.74) is 0. The van der Waals surface area contributed by atoms with Crippen molar-refractivity contribution in [2.45, 2.75) is 45.1 Å². The highest BCUT2D eigenvalue weighted by atomic mass is 32.1. The molecule has 0 aliphatic carbocycles. The SMILES string of the molecule is CCc1cnc(CCNC(=NC)NC2CCN(CCCOC)CC2)s1. The first-order valence-corrected chi connectivity index (χ1v) is 10.2. The van der Waals surface area contributed by atoms with E-state index in [4.69, 9.17) is 4.74 Å². The van der Waals surface area contributed by atoms with Gasteiger partial charge in [-0.05, 0) is 25.7 Å². The molecule has 0 aromatic carbocycles. The Morgan fingerprint density at radius 1 is 1.44 bits per heavy atom. The van der Waals surface area contributed by atoms with Crippen LogP contribution in [0.3, 0.4) is 0 Å². The maximum absolute atomic E-state index is 5.13. The Labute approximate surface area is 156 Å². The summed E-state index contributed by atoms with van der Waals surface area (Å²) in [7, 11) is 3.61. The second-order valence-electron chi connectivity index (χ2n) is 6.43. The predicted molar refractivity (Wildman–Crippen MR) is 106 cm³/mol. The van der Waals surface area contributed by atoms with Crippen molar-refractivity contribution in [3.05, 3.63) is 16.1 Å². The fourth-order valence-corrected chi connectivity index (χ4v) is 3.90. The van der Waals surface area contributed by atoms with Gasteiger partial charge in [-0.25, -0.2) is 4.98 Å². The van der Waals surface area contributed by atoms with Crippen molar-refractivity contribution in [3.63, 3.8) is 0 Å². The number of likely N-dealkylation sites (tertiary alicyclic amines) is 1. The van der Waals surface area contributed by atoms with E-state index in [1.54, 1.807) is 7.11 Å². The summed E-state index contributed by atoms with van der Waals surface area (Å²) in [6.45, 7) is 7.33. The normalized spacial score (nSPS) is 17.0.